The van der Waals surface area contributed by atoms with Crippen molar-refractivity contribution < 1.29 is 9.59 Å². The first kappa shape index (κ1) is 14.9. The molecule has 0 saturated carbocycles. The van der Waals surface area contributed by atoms with Gasteiger partial charge in [0.2, 0.25) is 5.91 Å². The molecule has 0 radical (unpaired) electrons. The van der Waals surface area contributed by atoms with Crippen molar-refractivity contribution >= 4 is 11.8 Å². The van der Waals surface area contributed by atoms with Gasteiger partial charge < -0.3 is 9.80 Å². The van der Waals surface area contributed by atoms with E-state index in [1.807, 2.05) is 9.80 Å². The molecule has 0 aliphatic carbocycles. The standard InChI is InChI=1S/C16H22N4O2/c1-12(21)20-9-4-13(11-20)10-14-15(18-6-5-17-14)16(22)19-7-2-3-8-19/h5-6,13H,2-4,7-11H2,1H3. The Bertz CT molecular complexity index is 569. The molecule has 1 aromatic heterocycles. The van der Waals surface area contributed by atoms with Crippen LogP contribution in [0, 0.1) is 5.92 Å². The summed E-state index contributed by atoms with van der Waals surface area (Å²) in [5.74, 6) is 0.489. The van der Waals surface area contributed by atoms with E-state index in [2.05, 4.69) is 9.97 Å². The fraction of sp³-hybridized carbons (Fsp3) is 0.625. The van der Waals surface area contributed by atoms with E-state index in [4.69, 9.17) is 0 Å². The molecule has 1 aromatic rings. The van der Waals surface area contributed by atoms with Gasteiger partial charge in [0.15, 0.2) is 0 Å². The number of carbonyl (C=O) groups is 2. The van der Waals surface area contributed by atoms with E-state index < -0.39 is 0 Å². The van der Waals surface area contributed by atoms with Crippen molar-refractivity contribution in [2.24, 2.45) is 5.92 Å². The molecule has 6 nitrogen and oxygen atoms in total. The third-order valence-electron chi connectivity index (χ3n) is 4.58. The summed E-state index contributed by atoms with van der Waals surface area (Å²) in [6.07, 6.45) is 7.05. The Kier molecular flexibility index (Phi) is 4.36. The number of amides is 2. The minimum Gasteiger partial charge on any atom is -0.343 e. The summed E-state index contributed by atoms with van der Waals surface area (Å²) < 4.78 is 0. The Morgan fingerprint density at radius 1 is 1.14 bits per heavy atom. The number of aromatic nitrogens is 2. The number of rotatable bonds is 3. The van der Waals surface area contributed by atoms with E-state index in [1.54, 1.807) is 19.3 Å². The Balaban J connectivity index is 1.71. The molecule has 3 rings (SSSR count). The Morgan fingerprint density at radius 3 is 2.55 bits per heavy atom. The predicted molar refractivity (Wildman–Crippen MR) is 81.2 cm³/mol. The number of hydrogen-bond donors (Lipinski definition) is 0. The minimum absolute atomic E-state index is 0.00187. The van der Waals surface area contributed by atoms with E-state index in [0.717, 1.165) is 51.1 Å². The first-order chi connectivity index (χ1) is 10.6. The van der Waals surface area contributed by atoms with Gasteiger partial charge in [-0.1, -0.05) is 0 Å². The largest absolute Gasteiger partial charge is 0.343 e. The highest BCUT2D eigenvalue weighted by molar-refractivity contribution is 5.93. The topological polar surface area (TPSA) is 66.4 Å². The number of carbonyl (C=O) groups excluding carboxylic acids is 2. The second-order valence-corrected chi connectivity index (χ2v) is 6.17. The Morgan fingerprint density at radius 2 is 1.86 bits per heavy atom. The molecule has 0 spiro atoms. The number of hydrogen-bond acceptors (Lipinski definition) is 4. The van der Waals surface area contributed by atoms with Crippen LogP contribution in [-0.2, 0) is 11.2 Å². The summed E-state index contributed by atoms with van der Waals surface area (Å²) in [5.41, 5.74) is 1.26. The summed E-state index contributed by atoms with van der Waals surface area (Å²) in [6.45, 7) is 4.79. The molecule has 2 aliphatic heterocycles. The predicted octanol–water partition coefficient (Wildman–Crippen LogP) is 1.12. The maximum absolute atomic E-state index is 12.6. The maximum Gasteiger partial charge on any atom is 0.274 e. The van der Waals surface area contributed by atoms with Gasteiger partial charge in [0.25, 0.3) is 5.91 Å². The molecule has 0 bridgehead atoms. The van der Waals surface area contributed by atoms with Gasteiger partial charge in [-0.2, -0.15) is 0 Å². The van der Waals surface area contributed by atoms with E-state index in [1.165, 1.54) is 0 Å². The van der Waals surface area contributed by atoms with E-state index in [-0.39, 0.29) is 11.8 Å². The van der Waals surface area contributed by atoms with Crippen molar-refractivity contribution in [2.45, 2.75) is 32.6 Å². The van der Waals surface area contributed by atoms with E-state index in [0.29, 0.717) is 18.0 Å². The van der Waals surface area contributed by atoms with Crippen LogP contribution in [0.4, 0.5) is 0 Å². The van der Waals surface area contributed by atoms with Gasteiger partial charge in [-0.3, -0.25) is 14.6 Å². The number of likely N-dealkylation sites (tertiary alicyclic amines) is 2. The molecule has 2 fully saturated rings. The highest BCUT2D eigenvalue weighted by Gasteiger charge is 2.28. The van der Waals surface area contributed by atoms with E-state index >= 15 is 0 Å². The molecule has 6 heteroatoms. The molecule has 3 heterocycles. The van der Waals surface area contributed by atoms with Gasteiger partial charge in [-0.25, -0.2) is 4.98 Å². The van der Waals surface area contributed by atoms with Gasteiger partial charge in [0.05, 0.1) is 5.69 Å². The second kappa shape index (κ2) is 6.42. The number of nitrogens with zero attached hydrogens (tertiary/aromatic N) is 4. The molecule has 2 amide bonds. The van der Waals surface area contributed by atoms with Crippen molar-refractivity contribution in [2.75, 3.05) is 26.2 Å². The summed E-state index contributed by atoms with van der Waals surface area (Å²) in [5, 5.41) is 0. The van der Waals surface area contributed by atoms with Crippen LogP contribution in [0.25, 0.3) is 0 Å². The fourth-order valence-electron chi connectivity index (χ4n) is 3.32. The fourth-order valence-corrected chi connectivity index (χ4v) is 3.32. The van der Waals surface area contributed by atoms with Crippen LogP contribution >= 0.6 is 0 Å². The van der Waals surface area contributed by atoms with Crippen molar-refractivity contribution in [1.82, 2.24) is 19.8 Å². The Hall–Kier alpha value is -1.98. The molecule has 1 atom stereocenters. The molecule has 0 aromatic carbocycles. The van der Waals surface area contributed by atoms with Gasteiger partial charge >= 0.3 is 0 Å². The second-order valence-electron chi connectivity index (χ2n) is 6.17. The average Bonchev–Trinajstić information content (AvgIpc) is 3.18. The third-order valence-corrected chi connectivity index (χ3v) is 4.58. The summed E-state index contributed by atoms with van der Waals surface area (Å²) >= 11 is 0. The molecule has 22 heavy (non-hydrogen) atoms. The lowest BCUT2D eigenvalue weighted by molar-refractivity contribution is -0.127. The van der Waals surface area contributed by atoms with Crippen LogP contribution in [0.2, 0.25) is 0 Å². The van der Waals surface area contributed by atoms with E-state index in [9.17, 15) is 9.59 Å². The van der Waals surface area contributed by atoms with Gasteiger partial charge in [0.1, 0.15) is 5.69 Å². The minimum atomic E-state index is 0.00187. The monoisotopic (exact) mass is 302 g/mol. The lowest BCUT2D eigenvalue weighted by atomic mass is 10.0. The van der Waals surface area contributed by atoms with Gasteiger partial charge in [-0.15, -0.1) is 0 Å². The molecular formula is C16H22N4O2. The van der Waals surface area contributed by atoms with Crippen molar-refractivity contribution in [1.29, 1.82) is 0 Å². The molecule has 2 saturated heterocycles. The lowest BCUT2D eigenvalue weighted by Crippen LogP contribution is -2.30. The molecule has 0 N–H and O–H groups in total. The first-order valence-corrected chi connectivity index (χ1v) is 8.00. The van der Waals surface area contributed by atoms with Crippen LogP contribution in [0.3, 0.4) is 0 Å². The van der Waals surface area contributed by atoms with Crippen LogP contribution in [0.5, 0.6) is 0 Å². The normalized spacial score (nSPS) is 21.4. The van der Waals surface area contributed by atoms with Gasteiger partial charge in [0, 0.05) is 45.5 Å². The van der Waals surface area contributed by atoms with Crippen LogP contribution < -0.4 is 0 Å². The summed E-state index contributed by atoms with van der Waals surface area (Å²) in [7, 11) is 0. The summed E-state index contributed by atoms with van der Waals surface area (Å²) in [4.78, 5) is 36.4. The smallest absolute Gasteiger partial charge is 0.274 e. The zero-order chi connectivity index (χ0) is 15.5. The first-order valence-electron chi connectivity index (χ1n) is 8.00. The maximum atomic E-state index is 12.6. The van der Waals surface area contributed by atoms with Gasteiger partial charge in [-0.05, 0) is 31.6 Å². The van der Waals surface area contributed by atoms with Crippen molar-refractivity contribution in [3.8, 4) is 0 Å². The molecule has 2 aliphatic rings. The van der Waals surface area contributed by atoms with Crippen molar-refractivity contribution in [3.05, 3.63) is 23.8 Å². The average molecular weight is 302 g/mol. The zero-order valence-corrected chi connectivity index (χ0v) is 13.0. The molecule has 118 valence electrons. The third kappa shape index (κ3) is 3.10. The highest BCUT2D eigenvalue weighted by atomic mass is 16.2. The summed E-state index contributed by atoms with van der Waals surface area (Å²) in [6, 6.07) is 0. The lowest BCUT2D eigenvalue weighted by Gasteiger charge is -2.17. The zero-order valence-electron chi connectivity index (χ0n) is 13.0. The molecular weight excluding hydrogens is 280 g/mol. The SMILES string of the molecule is CC(=O)N1CCC(Cc2nccnc2C(=O)N2CCCC2)C1. The highest BCUT2D eigenvalue weighted by Crippen LogP contribution is 2.22. The van der Waals surface area contributed by atoms with Crippen LogP contribution in [0.15, 0.2) is 12.4 Å². The van der Waals surface area contributed by atoms with Crippen molar-refractivity contribution in [3.63, 3.8) is 0 Å². The Labute approximate surface area is 130 Å². The van der Waals surface area contributed by atoms with Crippen LogP contribution in [-0.4, -0.2) is 57.8 Å². The van der Waals surface area contributed by atoms with Crippen LogP contribution in [0.1, 0.15) is 42.4 Å². The quantitative estimate of drug-likeness (QED) is 0.839. The molecule has 1 unspecified atom stereocenters.